The molecule has 1 heterocycles. The maximum Gasteiger partial charge on any atom is 0.225 e. The van der Waals surface area contributed by atoms with E-state index in [-0.39, 0.29) is 11.8 Å². The molecule has 0 aliphatic rings. The van der Waals surface area contributed by atoms with Crippen molar-refractivity contribution < 1.29 is 4.79 Å². The lowest BCUT2D eigenvalue weighted by Crippen LogP contribution is -2.23. The number of nitrogens with one attached hydrogen (secondary N) is 1. The summed E-state index contributed by atoms with van der Waals surface area (Å²) < 4.78 is 0. The number of nitrogens with two attached hydrogens (primary N) is 1. The van der Waals surface area contributed by atoms with Crippen molar-refractivity contribution in [1.29, 1.82) is 0 Å². The van der Waals surface area contributed by atoms with E-state index in [0.29, 0.717) is 24.7 Å². The number of carbonyl (C=O) groups excluding carboxylic acids is 1. The second-order valence-electron chi connectivity index (χ2n) is 5.20. The van der Waals surface area contributed by atoms with Crippen LogP contribution in [0.2, 0.25) is 0 Å². The van der Waals surface area contributed by atoms with E-state index in [1.54, 1.807) is 6.20 Å². The van der Waals surface area contributed by atoms with Crippen LogP contribution in [0.5, 0.6) is 0 Å². The van der Waals surface area contributed by atoms with Crippen molar-refractivity contribution in [2.75, 3.05) is 11.9 Å². The molecule has 0 aliphatic heterocycles. The van der Waals surface area contributed by atoms with E-state index in [4.69, 9.17) is 5.73 Å². The van der Waals surface area contributed by atoms with Crippen LogP contribution in [-0.2, 0) is 4.79 Å². The number of hydrogen-bond acceptors (Lipinski definition) is 3. The summed E-state index contributed by atoms with van der Waals surface area (Å²) >= 11 is 0. The minimum atomic E-state index is -0.0116. The molecule has 1 atom stereocenters. The van der Waals surface area contributed by atoms with Gasteiger partial charge in [-0.2, -0.15) is 0 Å². The highest BCUT2D eigenvalue weighted by Gasteiger charge is 2.14. The van der Waals surface area contributed by atoms with Crippen LogP contribution >= 0.6 is 0 Å². The summed E-state index contributed by atoms with van der Waals surface area (Å²) in [7, 11) is 0. The molecular weight excluding hydrogens is 226 g/mol. The molecule has 4 nitrogen and oxygen atoms in total. The van der Waals surface area contributed by atoms with Gasteiger partial charge in [-0.3, -0.25) is 4.79 Å². The largest absolute Gasteiger partial charge is 0.330 e. The highest BCUT2D eigenvalue weighted by molar-refractivity contribution is 5.89. The van der Waals surface area contributed by atoms with Gasteiger partial charge in [0.05, 0.1) is 0 Å². The summed E-state index contributed by atoms with van der Waals surface area (Å²) in [6, 6.07) is 3.74. The average Bonchev–Trinajstić information content (AvgIpc) is 2.30. The highest BCUT2D eigenvalue weighted by atomic mass is 16.1. The Labute approximate surface area is 109 Å². The minimum absolute atomic E-state index is 0.0116. The second kappa shape index (κ2) is 7.11. The van der Waals surface area contributed by atoms with Crippen molar-refractivity contribution in [2.24, 2.45) is 17.6 Å². The normalized spacial score (nSPS) is 12.5. The maximum atomic E-state index is 11.8. The monoisotopic (exact) mass is 249 g/mol. The molecule has 3 N–H and O–H groups in total. The first-order valence-electron chi connectivity index (χ1n) is 6.43. The Morgan fingerprint density at radius 2 is 2.17 bits per heavy atom. The van der Waals surface area contributed by atoms with Gasteiger partial charge < -0.3 is 11.1 Å². The molecule has 0 aromatic carbocycles. The first kappa shape index (κ1) is 14.6. The number of rotatable bonds is 6. The van der Waals surface area contributed by atoms with Crippen LogP contribution in [0.15, 0.2) is 18.3 Å². The fourth-order valence-electron chi connectivity index (χ4n) is 1.93. The summed E-state index contributed by atoms with van der Waals surface area (Å²) in [5, 5.41) is 2.80. The molecule has 4 heteroatoms. The van der Waals surface area contributed by atoms with Gasteiger partial charge in [0.25, 0.3) is 0 Å². The van der Waals surface area contributed by atoms with Gasteiger partial charge in [-0.05, 0) is 43.4 Å². The standard InChI is InChI=1S/C14H23N3O/c1-10(2)6-12(8-15)7-14(18)17-13-5-4-11(3)9-16-13/h4-5,9-10,12H,6-8,15H2,1-3H3,(H,16,17,18)/t12-/m0/s1. The van der Waals surface area contributed by atoms with Crippen LogP contribution < -0.4 is 11.1 Å². The van der Waals surface area contributed by atoms with Crippen LogP contribution in [0.1, 0.15) is 32.3 Å². The quantitative estimate of drug-likeness (QED) is 0.813. The van der Waals surface area contributed by atoms with Gasteiger partial charge in [-0.15, -0.1) is 0 Å². The van der Waals surface area contributed by atoms with Crippen molar-refractivity contribution in [3.8, 4) is 0 Å². The molecule has 1 rings (SSSR count). The zero-order valence-electron chi connectivity index (χ0n) is 11.4. The lowest BCUT2D eigenvalue weighted by molar-refractivity contribution is -0.117. The topological polar surface area (TPSA) is 68.0 Å². The Bertz CT molecular complexity index is 373. The molecule has 1 aromatic rings. The molecule has 18 heavy (non-hydrogen) atoms. The summed E-state index contributed by atoms with van der Waals surface area (Å²) in [5.74, 6) is 1.40. The van der Waals surface area contributed by atoms with Gasteiger partial charge in [0.2, 0.25) is 5.91 Å². The molecule has 100 valence electrons. The molecule has 0 fully saturated rings. The number of nitrogens with zero attached hydrogens (tertiary/aromatic N) is 1. The Hall–Kier alpha value is -1.42. The van der Waals surface area contributed by atoms with Crippen LogP contribution in [0.3, 0.4) is 0 Å². The summed E-state index contributed by atoms with van der Waals surface area (Å²) in [5.41, 5.74) is 6.76. The third-order valence-corrected chi connectivity index (χ3v) is 2.79. The average molecular weight is 249 g/mol. The predicted octanol–water partition coefficient (Wildman–Crippen LogP) is 2.34. The van der Waals surface area contributed by atoms with Gasteiger partial charge >= 0.3 is 0 Å². The first-order valence-corrected chi connectivity index (χ1v) is 6.43. The van der Waals surface area contributed by atoms with E-state index in [1.165, 1.54) is 0 Å². The third-order valence-electron chi connectivity index (χ3n) is 2.79. The van der Waals surface area contributed by atoms with E-state index in [0.717, 1.165) is 12.0 Å². The van der Waals surface area contributed by atoms with E-state index in [2.05, 4.69) is 24.1 Å². The van der Waals surface area contributed by atoms with Crippen LogP contribution in [0.25, 0.3) is 0 Å². The minimum Gasteiger partial charge on any atom is -0.330 e. The lowest BCUT2D eigenvalue weighted by atomic mass is 9.94. The molecule has 1 amide bonds. The van der Waals surface area contributed by atoms with Gasteiger partial charge in [0.15, 0.2) is 0 Å². The molecule has 0 aliphatic carbocycles. The van der Waals surface area contributed by atoms with Crippen molar-refractivity contribution in [3.05, 3.63) is 23.9 Å². The number of amides is 1. The number of hydrogen-bond donors (Lipinski definition) is 2. The molecule has 0 unspecified atom stereocenters. The number of anilines is 1. The van der Waals surface area contributed by atoms with Gasteiger partial charge in [-0.1, -0.05) is 19.9 Å². The first-order chi connectivity index (χ1) is 8.51. The number of aryl methyl sites for hydroxylation is 1. The van der Waals surface area contributed by atoms with Gasteiger partial charge in [0, 0.05) is 12.6 Å². The Kier molecular flexibility index (Phi) is 5.78. The smallest absolute Gasteiger partial charge is 0.225 e. The number of carbonyl (C=O) groups is 1. The Balaban J connectivity index is 2.47. The Morgan fingerprint density at radius 3 is 2.67 bits per heavy atom. The van der Waals surface area contributed by atoms with Crippen molar-refractivity contribution in [1.82, 2.24) is 4.98 Å². The summed E-state index contributed by atoms with van der Waals surface area (Å²) in [4.78, 5) is 16.0. The fourth-order valence-corrected chi connectivity index (χ4v) is 1.93. The molecule has 0 spiro atoms. The second-order valence-corrected chi connectivity index (χ2v) is 5.20. The molecule has 0 saturated carbocycles. The van der Waals surface area contributed by atoms with E-state index in [9.17, 15) is 4.79 Å². The molecule has 1 aromatic heterocycles. The number of aromatic nitrogens is 1. The van der Waals surface area contributed by atoms with Gasteiger partial charge in [0.1, 0.15) is 5.82 Å². The van der Waals surface area contributed by atoms with Crippen molar-refractivity contribution in [2.45, 2.75) is 33.6 Å². The van der Waals surface area contributed by atoms with Crippen LogP contribution in [0.4, 0.5) is 5.82 Å². The zero-order valence-corrected chi connectivity index (χ0v) is 11.4. The summed E-state index contributed by atoms with van der Waals surface area (Å²) in [6.07, 6.45) is 3.18. The van der Waals surface area contributed by atoms with E-state index in [1.807, 2.05) is 19.1 Å². The lowest BCUT2D eigenvalue weighted by Gasteiger charge is -2.16. The van der Waals surface area contributed by atoms with Crippen molar-refractivity contribution >= 4 is 11.7 Å². The SMILES string of the molecule is Cc1ccc(NC(=O)C[C@@H](CN)CC(C)C)nc1. The number of pyridine rings is 1. The predicted molar refractivity (Wildman–Crippen MR) is 74.2 cm³/mol. The van der Waals surface area contributed by atoms with Crippen molar-refractivity contribution in [3.63, 3.8) is 0 Å². The molecule has 0 radical (unpaired) electrons. The van der Waals surface area contributed by atoms with Crippen LogP contribution in [-0.4, -0.2) is 17.4 Å². The van der Waals surface area contributed by atoms with Crippen LogP contribution in [0, 0.1) is 18.8 Å². The fraction of sp³-hybridized carbons (Fsp3) is 0.571. The third kappa shape index (κ3) is 5.27. The van der Waals surface area contributed by atoms with E-state index < -0.39 is 0 Å². The Morgan fingerprint density at radius 1 is 1.44 bits per heavy atom. The van der Waals surface area contributed by atoms with Gasteiger partial charge in [-0.25, -0.2) is 4.98 Å². The molecular formula is C14H23N3O. The highest BCUT2D eigenvalue weighted by Crippen LogP contribution is 2.15. The maximum absolute atomic E-state index is 11.8. The summed E-state index contributed by atoms with van der Waals surface area (Å²) in [6.45, 7) is 6.79. The molecule has 0 bridgehead atoms. The zero-order chi connectivity index (χ0) is 13.5. The molecule has 0 saturated heterocycles. The van der Waals surface area contributed by atoms with E-state index >= 15 is 0 Å².